The van der Waals surface area contributed by atoms with Crippen molar-refractivity contribution in [3.8, 4) is 0 Å². The van der Waals surface area contributed by atoms with E-state index in [-0.39, 0.29) is 12.0 Å². The second-order valence-corrected chi connectivity index (χ2v) is 2.02. The van der Waals surface area contributed by atoms with Crippen LogP contribution in [0, 0.1) is 5.82 Å². The summed E-state index contributed by atoms with van der Waals surface area (Å²) in [6.07, 6.45) is 0.287. The predicted molar refractivity (Wildman–Crippen MR) is 36.5 cm³/mol. The Morgan fingerprint density at radius 3 is 2.75 bits per heavy atom. The fraction of sp³-hybridized carbons (Fsp3) is 0. The number of rotatable bonds is 2. The lowest BCUT2D eigenvalue weighted by Gasteiger charge is -1.94. The lowest BCUT2D eigenvalue weighted by molar-refractivity contribution is 0.0690. The average molecular weight is 169 g/mol. The zero-order valence-electron chi connectivity index (χ0n) is 5.82. The van der Waals surface area contributed by atoms with E-state index < -0.39 is 17.5 Å². The minimum Gasteiger partial charge on any atom is -0.477 e. The van der Waals surface area contributed by atoms with Crippen LogP contribution in [0.2, 0.25) is 0 Å². The number of aromatic nitrogens is 1. The molecule has 5 heteroatoms. The Kier molecular flexibility index (Phi) is 2.14. The van der Waals surface area contributed by atoms with E-state index >= 15 is 0 Å². The van der Waals surface area contributed by atoms with Crippen molar-refractivity contribution in [2.24, 2.45) is 0 Å². The molecule has 0 aliphatic heterocycles. The van der Waals surface area contributed by atoms with E-state index in [1.165, 1.54) is 0 Å². The van der Waals surface area contributed by atoms with Gasteiger partial charge in [-0.05, 0) is 0 Å². The van der Waals surface area contributed by atoms with Crippen LogP contribution in [0.15, 0.2) is 12.1 Å². The maximum Gasteiger partial charge on any atom is 0.354 e. The second-order valence-electron chi connectivity index (χ2n) is 2.02. The van der Waals surface area contributed by atoms with Crippen LogP contribution in [-0.4, -0.2) is 22.3 Å². The second kappa shape index (κ2) is 3.08. The lowest BCUT2D eigenvalue weighted by Crippen LogP contribution is -2.03. The summed E-state index contributed by atoms with van der Waals surface area (Å²) < 4.78 is 12.5. The topological polar surface area (TPSA) is 67.3 Å². The molecule has 62 valence electrons. The van der Waals surface area contributed by atoms with Gasteiger partial charge < -0.3 is 5.11 Å². The third-order valence-corrected chi connectivity index (χ3v) is 1.15. The summed E-state index contributed by atoms with van der Waals surface area (Å²) in [6.45, 7) is 0. The first-order chi connectivity index (χ1) is 5.63. The fourth-order valence-electron chi connectivity index (χ4n) is 0.687. The van der Waals surface area contributed by atoms with Gasteiger partial charge in [0, 0.05) is 12.1 Å². The van der Waals surface area contributed by atoms with Crippen molar-refractivity contribution in [3.05, 3.63) is 29.3 Å². The molecular formula is C7H4FNO3. The highest BCUT2D eigenvalue weighted by atomic mass is 19.1. The minimum absolute atomic E-state index is 0.229. The quantitative estimate of drug-likeness (QED) is 0.662. The minimum atomic E-state index is -1.36. The van der Waals surface area contributed by atoms with Gasteiger partial charge in [0.1, 0.15) is 11.5 Å². The Morgan fingerprint density at radius 1 is 1.58 bits per heavy atom. The molecule has 12 heavy (non-hydrogen) atoms. The summed E-state index contributed by atoms with van der Waals surface area (Å²) in [4.78, 5) is 23.7. The molecule has 0 atom stereocenters. The number of halogens is 1. The third kappa shape index (κ3) is 1.63. The predicted octanol–water partition coefficient (Wildman–Crippen LogP) is 0.731. The molecule has 0 amide bonds. The van der Waals surface area contributed by atoms with Gasteiger partial charge in [0.25, 0.3) is 0 Å². The van der Waals surface area contributed by atoms with Crippen molar-refractivity contribution in [1.82, 2.24) is 4.98 Å². The Morgan fingerprint density at radius 2 is 2.25 bits per heavy atom. The first-order valence-electron chi connectivity index (χ1n) is 2.99. The van der Waals surface area contributed by atoms with Gasteiger partial charge in [-0.2, -0.15) is 0 Å². The summed E-state index contributed by atoms with van der Waals surface area (Å²) in [5, 5.41) is 8.38. The molecule has 0 saturated heterocycles. The molecule has 0 spiro atoms. The highest BCUT2D eigenvalue weighted by Gasteiger charge is 2.07. The Balaban J connectivity index is 3.23. The Hall–Kier alpha value is -1.78. The molecular weight excluding hydrogens is 165 g/mol. The van der Waals surface area contributed by atoms with E-state index in [1.54, 1.807) is 0 Å². The third-order valence-electron chi connectivity index (χ3n) is 1.15. The van der Waals surface area contributed by atoms with E-state index in [0.29, 0.717) is 0 Å². The van der Waals surface area contributed by atoms with E-state index in [2.05, 4.69) is 4.98 Å². The van der Waals surface area contributed by atoms with Crippen LogP contribution in [0.4, 0.5) is 4.39 Å². The molecule has 0 unspecified atom stereocenters. The first-order valence-corrected chi connectivity index (χ1v) is 2.99. The monoisotopic (exact) mass is 169 g/mol. The SMILES string of the molecule is O=Cc1cc(F)cc(C(=O)O)n1. The van der Waals surface area contributed by atoms with Gasteiger partial charge in [-0.25, -0.2) is 14.2 Å². The molecule has 0 fully saturated rings. The number of carbonyl (C=O) groups is 2. The lowest BCUT2D eigenvalue weighted by atomic mass is 10.3. The molecule has 1 heterocycles. The molecule has 4 nitrogen and oxygen atoms in total. The summed E-state index contributed by atoms with van der Waals surface area (Å²) in [5.74, 6) is -2.15. The van der Waals surface area contributed by atoms with Crippen molar-refractivity contribution >= 4 is 12.3 Å². The van der Waals surface area contributed by atoms with E-state index in [4.69, 9.17) is 5.11 Å². The van der Waals surface area contributed by atoms with Gasteiger partial charge in [0.05, 0.1) is 0 Å². The number of hydrogen-bond acceptors (Lipinski definition) is 3. The van der Waals surface area contributed by atoms with Gasteiger partial charge in [0.15, 0.2) is 12.0 Å². The number of carbonyl (C=O) groups excluding carboxylic acids is 1. The van der Waals surface area contributed by atoms with E-state index in [0.717, 1.165) is 12.1 Å². The maximum atomic E-state index is 12.5. The number of aldehydes is 1. The van der Waals surface area contributed by atoms with Crippen molar-refractivity contribution in [3.63, 3.8) is 0 Å². The van der Waals surface area contributed by atoms with Crippen LogP contribution >= 0.6 is 0 Å². The molecule has 0 radical (unpaired) electrons. The van der Waals surface area contributed by atoms with Crippen LogP contribution in [0.5, 0.6) is 0 Å². The molecule has 1 N–H and O–H groups in total. The smallest absolute Gasteiger partial charge is 0.354 e. The van der Waals surface area contributed by atoms with E-state index in [9.17, 15) is 14.0 Å². The Labute approximate surface area is 66.7 Å². The maximum absolute atomic E-state index is 12.5. The molecule has 1 rings (SSSR count). The number of nitrogens with zero attached hydrogens (tertiary/aromatic N) is 1. The van der Waals surface area contributed by atoms with Gasteiger partial charge in [-0.3, -0.25) is 4.79 Å². The van der Waals surface area contributed by atoms with Crippen molar-refractivity contribution in [2.75, 3.05) is 0 Å². The van der Waals surface area contributed by atoms with Crippen molar-refractivity contribution in [2.45, 2.75) is 0 Å². The van der Waals surface area contributed by atoms with E-state index in [1.807, 2.05) is 0 Å². The number of pyridine rings is 1. The van der Waals surface area contributed by atoms with Crippen LogP contribution in [0.3, 0.4) is 0 Å². The summed E-state index contributed by atoms with van der Waals surface area (Å²) in [5.41, 5.74) is -0.704. The molecule has 0 aliphatic rings. The van der Waals surface area contributed by atoms with Crippen LogP contribution < -0.4 is 0 Å². The van der Waals surface area contributed by atoms with Gasteiger partial charge in [-0.15, -0.1) is 0 Å². The number of carboxylic acid groups (broad SMARTS) is 1. The standard InChI is InChI=1S/C7H4FNO3/c8-4-1-5(3-10)9-6(2-4)7(11)12/h1-3H,(H,11,12). The van der Waals surface area contributed by atoms with Gasteiger partial charge >= 0.3 is 5.97 Å². The molecule has 1 aromatic rings. The van der Waals surface area contributed by atoms with Gasteiger partial charge in [0.2, 0.25) is 0 Å². The zero-order valence-corrected chi connectivity index (χ0v) is 5.82. The Bertz CT molecular complexity index is 337. The first kappa shape index (κ1) is 8.32. The normalized spacial score (nSPS) is 9.42. The molecule has 0 saturated carbocycles. The van der Waals surface area contributed by atoms with Crippen LogP contribution in [0.25, 0.3) is 0 Å². The molecule has 0 aromatic carbocycles. The average Bonchev–Trinajstić information content (AvgIpc) is 2.03. The van der Waals surface area contributed by atoms with Crippen LogP contribution in [0.1, 0.15) is 21.0 Å². The highest BCUT2D eigenvalue weighted by Crippen LogP contribution is 2.02. The highest BCUT2D eigenvalue weighted by molar-refractivity contribution is 5.86. The van der Waals surface area contributed by atoms with Crippen molar-refractivity contribution < 1.29 is 19.1 Å². The zero-order chi connectivity index (χ0) is 9.14. The number of aromatic carboxylic acids is 1. The van der Waals surface area contributed by atoms with Crippen molar-refractivity contribution in [1.29, 1.82) is 0 Å². The fourth-order valence-corrected chi connectivity index (χ4v) is 0.687. The largest absolute Gasteiger partial charge is 0.477 e. The number of hydrogen-bond donors (Lipinski definition) is 1. The summed E-state index contributed by atoms with van der Waals surface area (Å²) in [7, 11) is 0. The molecule has 0 bridgehead atoms. The molecule has 0 aliphatic carbocycles. The summed E-state index contributed by atoms with van der Waals surface area (Å²) >= 11 is 0. The van der Waals surface area contributed by atoms with Gasteiger partial charge in [-0.1, -0.05) is 0 Å². The van der Waals surface area contributed by atoms with Crippen LogP contribution in [-0.2, 0) is 0 Å². The number of carboxylic acids is 1. The molecule has 1 aromatic heterocycles. The summed E-state index contributed by atoms with van der Waals surface area (Å²) in [6, 6.07) is 1.61.